The molecule has 0 aliphatic rings. The van der Waals surface area contributed by atoms with E-state index in [0.29, 0.717) is 11.7 Å². The number of tetrazole rings is 1. The van der Waals surface area contributed by atoms with Crippen molar-refractivity contribution in [3.05, 3.63) is 48.2 Å². The van der Waals surface area contributed by atoms with Crippen LogP contribution in [0.2, 0.25) is 0 Å². The molecule has 1 aromatic carbocycles. The Morgan fingerprint density at radius 1 is 1.16 bits per heavy atom. The highest BCUT2D eigenvalue weighted by atomic mass is 16.3. The molecule has 94 valence electrons. The molecular formula is C12H10N6O. The maximum absolute atomic E-state index is 5.64. The Kier molecular flexibility index (Phi) is 3.01. The van der Waals surface area contributed by atoms with Gasteiger partial charge in [0.2, 0.25) is 0 Å². The van der Waals surface area contributed by atoms with E-state index in [1.807, 2.05) is 42.5 Å². The van der Waals surface area contributed by atoms with Crippen LogP contribution >= 0.6 is 0 Å². The summed E-state index contributed by atoms with van der Waals surface area (Å²) in [7, 11) is 0. The van der Waals surface area contributed by atoms with E-state index < -0.39 is 0 Å². The fourth-order valence-corrected chi connectivity index (χ4v) is 1.54. The van der Waals surface area contributed by atoms with E-state index in [0.717, 1.165) is 11.3 Å². The number of nitrogens with zero attached hydrogens (tertiary/aromatic N) is 4. The topological polar surface area (TPSA) is 92.0 Å². The summed E-state index contributed by atoms with van der Waals surface area (Å²) in [5.41, 5.74) is 3.64. The number of H-pyrrole nitrogens is 1. The van der Waals surface area contributed by atoms with Gasteiger partial charge in [0.25, 0.3) is 5.95 Å². The fourth-order valence-electron chi connectivity index (χ4n) is 1.54. The molecule has 2 heterocycles. The molecule has 0 atom stereocenters. The highest BCUT2D eigenvalue weighted by Gasteiger charge is 2.02. The monoisotopic (exact) mass is 254 g/mol. The Morgan fingerprint density at radius 3 is 2.84 bits per heavy atom. The van der Waals surface area contributed by atoms with Crippen LogP contribution in [0.5, 0.6) is 0 Å². The first-order chi connectivity index (χ1) is 9.42. The largest absolute Gasteiger partial charge is 0.455 e. The number of furan rings is 1. The van der Waals surface area contributed by atoms with Gasteiger partial charge in [-0.05, 0) is 17.3 Å². The van der Waals surface area contributed by atoms with Crippen LogP contribution in [0.3, 0.4) is 0 Å². The first-order valence-electron chi connectivity index (χ1n) is 5.59. The van der Waals surface area contributed by atoms with Crippen molar-refractivity contribution in [3.63, 3.8) is 0 Å². The van der Waals surface area contributed by atoms with Gasteiger partial charge in [-0.15, -0.1) is 5.10 Å². The Morgan fingerprint density at radius 2 is 2.05 bits per heavy atom. The first kappa shape index (κ1) is 11.1. The van der Waals surface area contributed by atoms with Gasteiger partial charge in [-0.25, -0.2) is 5.43 Å². The van der Waals surface area contributed by atoms with Crippen LogP contribution in [-0.4, -0.2) is 26.8 Å². The summed E-state index contributed by atoms with van der Waals surface area (Å²) in [6, 6.07) is 13.6. The molecule has 0 aliphatic heterocycles. The second-order valence-corrected chi connectivity index (χ2v) is 3.67. The second kappa shape index (κ2) is 5.13. The lowest BCUT2D eigenvalue weighted by Gasteiger charge is -1.94. The number of hydrogen-bond acceptors (Lipinski definition) is 6. The highest BCUT2D eigenvalue weighted by Crippen LogP contribution is 2.20. The molecule has 3 aromatic rings. The summed E-state index contributed by atoms with van der Waals surface area (Å²) in [5, 5.41) is 17.0. The second-order valence-electron chi connectivity index (χ2n) is 3.67. The van der Waals surface area contributed by atoms with Crippen LogP contribution in [0.4, 0.5) is 5.95 Å². The number of benzene rings is 1. The molecule has 0 amide bonds. The standard InChI is InChI=1S/C12H10N6O/c1-2-4-9(5-3-1)11-7-6-10(19-11)8-13-14-12-15-17-18-16-12/h1-8H,(H2,14,15,16,17,18)/b13-8+. The maximum Gasteiger partial charge on any atom is 0.283 e. The summed E-state index contributed by atoms with van der Waals surface area (Å²) < 4.78 is 5.64. The molecule has 7 heteroatoms. The molecule has 0 saturated carbocycles. The predicted octanol–water partition coefficient (Wildman–Crippen LogP) is 1.91. The average molecular weight is 254 g/mol. The van der Waals surface area contributed by atoms with Crippen LogP contribution in [0.15, 0.2) is 52.0 Å². The van der Waals surface area contributed by atoms with Gasteiger partial charge in [-0.1, -0.05) is 35.4 Å². The van der Waals surface area contributed by atoms with Gasteiger partial charge in [0.05, 0.1) is 6.21 Å². The normalized spacial score (nSPS) is 10.9. The van der Waals surface area contributed by atoms with E-state index >= 15 is 0 Å². The summed E-state index contributed by atoms with van der Waals surface area (Å²) in [5.74, 6) is 1.72. The van der Waals surface area contributed by atoms with Gasteiger partial charge < -0.3 is 4.42 Å². The van der Waals surface area contributed by atoms with Crippen molar-refractivity contribution in [3.8, 4) is 11.3 Å². The summed E-state index contributed by atoms with van der Waals surface area (Å²) in [6.07, 6.45) is 1.54. The molecule has 0 aliphatic carbocycles. The Balaban J connectivity index is 1.70. The third kappa shape index (κ3) is 2.65. The number of aromatic nitrogens is 4. The van der Waals surface area contributed by atoms with E-state index in [1.54, 1.807) is 6.21 Å². The molecule has 0 saturated heterocycles. The highest BCUT2D eigenvalue weighted by molar-refractivity contribution is 5.77. The van der Waals surface area contributed by atoms with Crippen LogP contribution in [0.25, 0.3) is 11.3 Å². The number of anilines is 1. The van der Waals surface area contributed by atoms with Crippen molar-refractivity contribution >= 4 is 12.2 Å². The minimum Gasteiger partial charge on any atom is -0.455 e. The van der Waals surface area contributed by atoms with E-state index in [2.05, 4.69) is 31.2 Å². The Labute approximate surface area is 108 Å². The fraction of sp³-hybridized carbons (Fsp3) is 0. The zero-order valence-corrected chi connectivity index (χ0v) is 9.82. The molecule has 7 nitrogen and oxygen atoms in total. The zero-order chi connectivity index (χ0) is 12.9. The molecule has 2 N–H and O–H groups in total. The molecule has 0 bridgehead atoms. The summed E-state index contributed by atoms with van der Waals surface area (Å²) in [4.78, 5) is 0. The minimum absolute atomic E-state index is 0.297. The molecule has 0 radical (unpaired) electrons. The number of nitrogens with one attached hydrogen (secondary N) is 2. The van der Waals surface area contributed by atoms with E-state index in [-0.39, 0.29) is 0 Å². The first-order valence-corrected chi connectivity index (χ1v) is 5.59. The van der Waals surface area contributed by atoms with Gasteiger partial charge in [-0.2, -0.15) is 10.3 Å². The molecule has 0 fully saturated rings. The third-order valence-electron chi connectivity index (χ3n) is 2.39. The van der Waals surface area contributed by atoms with Crippen molar-refractivity contribution in [2.24, 2.45) is 5.10 Å². The Hall–Kier alpha value is -2.96. The van der Waals surface area contributed by atoms with Gasteiger partial charge in [0, 0.05) is 5.56 Å². The van der Waals surface area contributed by atoms with Crippen molar-refractivity contribution in [1.29, 1.82) is 0 Å². The van der Waals surface area contributed by atoms with Crippen LogP contribution < -0.4 is 5.43 Å². The quantitative estimate of drug-likeness (QED) is 0.548. The van der Waals surface area contributed by atoms with Crippen molar-refractivity contribution in [2.75, 3.05) is 5.43 Å². The SMILES string of the molecule is C(=N\Nc1nn[nH]n1)/c1ccc(-c2ccccc2)o1. The summed E-state index contributed by atoms with van der Waals surface area (Å²) in [6.45, 7) is 0. The lowest BCUT2D eigenvalue weighted by atomic mass is 10.2. The Bertz CT molecular complexity index is 659. The third-order valence-corrected chi connectivity index (χ3v) is 2.39. The molecule has 0 spiro atoms. The number of aromatic amines is 1. The lowest BCUT2D eigenvalue weighted by Crippen LogP contribution is -1.91. The van der Waals surface area contributed by atoms with Gasteiger partial charge in [0.1, 0.15) is 11.5 Å². The van der Waals surface area contributed by atoms with Gasteiger partial charge >= 0.3 is 0 Å². The summed E-state index contributed by atoms with van der Waals surface area (Å²) >= 11 is 0. The molecule has 0 unspecified atom stereocenters. The van der Waals surface area contributed by atoms with Gasteiger partial charge in [0.15, 0.2) is 0 Å². The van der Waals surface area contributed by atoms with Crippen molar-refractivity contribution in [2.45, 2.75) is 0 Å². The molecule has 19 heavy (non-hydrogen) atoms. The predicted molar refractivity (Wildman–Crippen MR) is 69.5 cm³/mol. The molecule has 2 aromatic heterocycles. The number of rotatable bonds is 4. The van der Waals surface area contributed by atoms with Crippen LogP contribution in [-0.2, 0) is 0 Å². The molecular weight excluding hydrogens is 244 g/mol. The lowest BCUT2D eigenvalue weighted by molar-refractivity contribution is 0.575. The van der Waals surface area contributed by atoms with Crippen LogP contribution in [0.1, 0.15) is 5.76 Å². The molecule has 3 rings (SSSR count). The number of hydrazone groups is 1. The van der Waals surface area contributed by atoms with E-state index in [9.17, 15) is 0 Å². The smallest absolute Gasteiger partial charge is 0.283 e. The number of hydrogen-bond donors (Lipinski definition) is 2. The van der Waals surface area contributed by atoms with E-state index in [4.69, 9.17) is 4.42 Å². The average Bonchev–Trinajstić information content (AvgIpc) is 3.11. The zero-order valence-electron chi connectivity index (χ0n) is 9.82. The maximum atomic E-state index is 5.64. The van der Waals surface area contributed by atoms with Crippen molar-refractivity contribution in [1.82, 2.24) is 20.6 Å². The van der Waals surface area contributed by atoms with Crippen molar-refractivity contribution < 1.29 is 4.42 Å². The van der Waals surface area contributed by atoms with Gasteiger partial charge in [-0.3, -0.25) is 0 Å². The van der Waals surface area contributed by atoms with E-state index in [1.165, 1.54) is 0 Å². The minimum atomic E-state index is 0.297. The van der Waals surface area contributed by atoms with Crippen LogP contribution in [0, 0.1) is 0 Å².